The Kier molecular flexibility index (Phi) is 7.37. The lowest BCUT2D eigenvalue weighted by Gasteiger charge is -2.15. The number of halogens is 2. The number of hydrogen-bond acceptors (Lipinski definition) is 6. The molecule has 2 N–H and O–H groups in total. The molecule has 36 heavy (non-hydrogen) atoms. The molecule has 1 aromatic heterocycles. The minimum atomic E-state index is -4.75. The predicted octanol–water partition coefficient (Wildman–Crippen LogP) is 4.90. The van der Waals surface area contributed by atoms with Crippen molar-refractivity contribution in [3.8, 4) is 0 Å². The van der Waals surface area contributed by atoms with E-state index in [1.807, 2.05) is 6.92 Å². The van der Waals surface area contributed by atoms with Crippen LogP contribution in [0, 0.1) is 11.6 Å². The van der Waals surface area contributed by atoms with Crippen molar-refractivity contribution in [2.75, 3.05) is 4.31 Å². The summed E-state index contributed by atoms with van der Waals surface area (Å²) in [7, 11) is -9.47. The molecule has 1 aliphatic rings. The highest BCUT2D eigenvalue weighted by atomic mass is 32.2. The number of anilines is 1. The van der Waals surface area contributed by atoms with E-state index in [9.17, 15) is 34.7 Å². The van der Waals surface area contributed by atoms with Gasteiger partial charge in [0.1, 0.15) is 16.3 Å². The summed E-state index contributed by atoms with van der Waals surface area (Å²) < 4.78 is 97.3. The fourth-order valence-electron chi connectivity index (χ4n) is 3.67. The number of benzene rings is 2. The summed E-state index contributed by atoms with van der Waals surface area (Å²) >= 11 is 2.05. The van der Waals surface area contributed by atoms with Crippen LogP contribution >= 0.6 is 23.1 Å². The molecule has 4 rings (SSSR count). The van der Waals surface area contributed by atoms with Gasteiger partial charge in [-0.05, 0) is 46.8 Å². The van der Waals surface area contributed by atoms with Crippen molar-refractivity contribution >= 4 is 65.7 Å². The van der Waals surface area contributed by atoms with Gasteiger partial charge in [-0.25, -0.2) is 17.6 Å². The van der Waals surface area contributed by atoms with E-state index in [1.54, 1.807) is 0 Å². The minimum absolute atomic E-state index is 0.0210. The maximum absolute atomic E-state index is 14.4. The molecular weight excluding hydrogens is 555 g/mol. The van der Waals surface area contributed by atoms with Gasteiger partial charge in [-0.3, -0.25) is 4.55 Å². The van der Waals surface area contributed by atoms with Crippen LogP contribution in [0.3, 0.4) is 0 Å². The number of allylic oxidation sites excluding steroid dienone is 4. The molecule has 3 aromatic rings. The summed E-state index contributed by atoms with van der Waals surface area (Å²) in [5.41, 5.74) is 0.238. The second-order valence-corrected chi connectivity index (χ2v) is 12.2. The summed E-state index contributed by atoms with van der Waals surface area (Å²) in [6, 6.07) is 6.25. The summed E-state index contributed by atoms with van der Waals surface area (Å²) in [5.74, 6) is -1.24. The largest absolute Gasteiger partial charge is 0.513 e. The molecule has 2 heterocycles. The lowest BCUT2D eigenvalue weighted by molar-refractivity contribution is -0.486. The Labute approximate surface area is 214 Å². The molecule has 0 bridgehead atoms. The second kappa shape index (κ2) is 10.0. The van der Waals surface area contributed by atoms with Gasteiger partial charge < -0.3 is 0 Å². The predicted molar refractivity (Wildman–Crippen MR) is 135 cm³/mol. The molecular formula is C22H19F2N2O6S4+. The summed E-state index contributed by atoms with van der Waals surface area (Å²) in [6.07, 6.45) is 7.96. The zero-order valence-corrected chi connectivity index (χ0v) is 21.8. The SMILES string of the molecule is CCCc1c(F)ccc2sc(C=CC=CC=C3Sc4ccc(F)cc4N3S(=O)(=O)O)[n+](S(=O)(=O)O)c12. The maximum atomic E-state index is 14.4. The molecule has 0 aliphatic carbocycles. The zero-order valence-electron chi connectivity index (χ0n) is 18.5. The quantitative estimate of drug-likeness (QED) is 0.235. The van der Waals surface area contributed by atoms with Crippen molar-refractivity contribution in [2.45, 2.75) is 24.7 Å². The summed E-state index contributed by atoms with van der Waals surface area (Å²) in [4.78, 5) is 0.429. The van der Waals surface area contributed by atoms with E-state index in [-0.39, 0.29) is 33.2 Å². The summed E-state index contributed by atoms with van der Waals surface area (Å²) in [5, 5.41) is 0.211. The number of hydrogen-bond donors (Lipinski definition) is 2. The number of aromatic nitrogens is 1. The molecule has 0 saturated heterocycles. The average molecular weight is 574 g/mol. The Bertz CT molecular complexity index is 1660. The van der Waals surface area contributed by atoms with Crippen molar-refractivity contribution in [1.82, 2.24) is 0 Å². The number of thiazole rings is 1. The molecule has 0 radical (unpaired) electrons. The number of rotatable bonds is 7. The van der Waals surface area contributed by atoms with Crippen LogP contribution in [-0.2, 0) is 27.0 Å². The number of nitrogens with zero attached hydrogens (tertiary/aromatic N) is 2. The van der Waals surface area contributed by atoms with Crippen molar-refractivity contribution in [2.24, 2.45) is 0 Å². The molecule has 0 spiro atoms. The van der Waals surface area contributed by atoms with Crippen molar-refractivity contribution in [3.63, 3.8) is 0 Å². The minimum Gasteiger partial charge on any atom is -0.269 e. The number of thioether (sulfide) groups is 1. The Hall–Kier alpha value is -2.62. The van der Waals surface area contributed by atoms with E-state index in [2.05, 4.69) is 0 Å². The van der Waals surface area contributed by atoms with Crippen LogP contribution in [0.25, 0.3) is 16.3 Å². The molecule has 8 nitrogen and oxygen atoms in total. The van der Waals surface area contributed by atoms with Crippen LogP contribution in [0.2, 0.25) is 0 Å². The van der Waals surface area contributed by atoms with Gasteiger partial charge in [0, 0.05) is 11.0 Å². The lowest BCUT2D eigenvalue weighted by Crippen LogP contribution is -2.44. The monoisotopic (exact) mass is 573 g/mol. The van der Waals surface area contributed by atoms with Gasteiger partial charge in [0.25, 0.3) is 10.5 Å². The van der Waals surface area contributed by atoms with Gasteiger partial charge in [-0.2, -0.15) is 8.42 Å². The Morgan fingerprint density at radius 3 is 2.47 bits per heavy atom. The summed E-state index contributed by atoms with van der Waals surface area (Å²) in [6.45, 7) is 1.82. The Morgan fingerprint density at radius 2 is 1.81 bits per heavy atom. The van der Waals surface area contributed by atoms with Crippen LogP contribution in [0.4, 0.5) is 14.5 Å². The number of fused-ring (bicyclic) bond motifs is 2. The van der Waals surface area contributed by atoms with Crippen molar-refractivity contribution < 1.29 is 38.7 Å². The third kappa shape index (κ3) is 5.23. The molecule has 0 atom stereocenters. The topological polar surface area (TPSA) is 116 Å². The highest BCUT2D eigenvalue weighted by Gasteiger charge is 2.34. The fourth-order valence-corrected chi connectivity index (χ4v) is 7.92. The molecule has 190 valence electrons. The van der Waals surface area contributed by atoms with Gasteiger partial charge in [0.2, 0.25) is 0 Å². The zero-order chi connectivity index (χ0) is 26.3. The van der Waals surface area contributed by atoms with Crippen molar-refractivity contribution in [1.29, 1.82) is 0 Å². The first-order valence-corrected chi connectivity index (χ1v) is 14.8. The molecule has 0 saturated carbocycles. The molecule has 0 unspecified atom stereocenters. The van der Waals surface area contributed by atoms with Gasteiger partial charge in [-0.1, -0.05) is 54.7 Å². The standard InChI is InChI=1S/C22H18F2N2O6S4/c1-2-6-15-16(24)10-12-19-22(15)26(36(30,31)32)21(34-19)8-5-3-4-7-20-25(35(27,28)29)17-13-14(23)9-11-18(17)33-20/h3-5,7-13H,2,6H2,1H3,(H-,27,28,29,30,31,32)/p+1. The maximum Gasteiger partial charge on any atom is 0.513 e. The van der Waals surface area contributed by atoms with E-state index in [0.717, 1.165) is 29.2 Å². The van der Waals surface area contributed by atoms with E-state index in [1.165, 1.54) is 54.6 Å². The Morgan fingerprint density at radius 1 is 1.06 bits per heavy atom. The molecule has 1 aliphatic heterocycles. The Balaban J connectivity index is 1.68. The first-order chi connectivity index (χ1) is 16.9. The van der Waals surface area contributed by atoms with E-state index in [4.69, 9.17) is 0 Å². The van der Waals surface area contributed by atoms with Crippen LogP contribution in [-0.4, -0.2) is 25.9 Å². The first kappa shape index (κ1) is 26.4. The third-order valence-corrected chi connectivity index (χ3v) is 9.12. The van der Waals surface area contributed by atoms with Crippen LogP contribution < -0.4 is 8.28 Å². The van der Waals surface area contributed by atoms with Gasteiger partial charge in [-0.15, -0.1) is 8.42 Å². The second-order valence-electron chi connectivity index (χ2n) is 7.51. The van der Waals surface area contributed by atoms with E-state index >= 15 is 0 Å². The van der Waals surface area contributed by atoms with Crippen LogP contribution in [0.15, 0.2) is 64.6 Å². The first-order valence-electron chi connectivity index (χ1n) is 10.4. The van der Waals surface area contributed by atoms with E-state index < -0.39 is 32.2 Å². The molecule has 0 amide bonds. The number of aryl methyl sites for hydroxylation is 1. The molecule has 14 heteroatoms. The smallest absolute Gasteiger partial charge is 0.269 e. The fraction of sp³-hybridized carbons (Fsp3) is 0.136. The third-order valence-electron chi connectivity index (χ3n) is 5.02. The normalized spacial score (nSPS) is 15.7. The van der Waals surface area contributed by atoms with Crippen molar-refractivity contribution in [3.05, 3.63) is 81.9 Å². The van der Waals surface area contributed by atoms with Gasteiger partial charge >= 0.3 is 20.6 Å². The van der Waals surface area contributed by atoms with Crippen LogP contribution in [0.5, 0.6) is 0 Å². The van der Waals surface area contributed by atoms with Crippen LogP contribution in [0.1, 0.15) is 23.9 Å². The molecule has 2 aromatic carbocycles. The molecule has 0 fully saturated rings. The average Bonchev–Trinajstić information content (AvgIpc) is 3.33. The van der Waals surface area contributed by atoms with Gasteiger partial charge in [0.15, 0.2) is 0 Å². The van der Waals surface area contributed by atoms with Gasteiger partial charge in [0.05, 0.1) is 16.3 Å². The highest BCUT2D eigenvalue weighted by molar-refractivity contribution is 8.05. The lowest BCUT2D eigenvalue weighted by atomic mass is 10.1. The van der Waals surface area contributed by atoms with E-state index in [0.29, 0.717) is 24.3 Å². The highest BCUT2D eigenvalue weighted by Crippen LogP contribution is 2.47.